The van der Waals surface area contributed by atoms with Gasteiger partial charge in [-0.3, -0.25) is 9.78 Å². The van der Waals surface area contributed by atoms with Crippen LogP contribution < -0.4 is 11.2 Å². The number of ether oxygens (including phenoxy) is 1. The number of hydrogen-bond acceptors (Lipinski definition) is 7. The molecule has 0 aromatic carbocycles. The molecular weight excluding hydrogens is 282 g/mol. The number of nitrogens with one attached hydrogen (secondary N) is 1. The van der Waals surface area contributed by atoms with Crippen LogP contribution >= 0.6 is 0 Å². The maximum atomic E-state index is 11.8. The van der Waals surface area contributed by atoms with E-state index in [0.717, 1.165) is 4.68 Å². The van der Waals surface area contributed by atoms with Crippen LogP contribution in [-0.4, -0.2) is 43.8 Å². The van der Waals surface area contributed by atoms with Crippen LogP contribution in [0.15, 0.2) is 32.6 Å². The molecular formula is C12H13N3O6. The standard InChI is InChI=1S/C12H13N3O6/c16-4-8-7(17)3-9(21-8)15-12(19)13-11(18)10(14-15)6-1-2-20-5-6/h1-2,5,7-9,16-17H,3-4H2,(H,13,18,19). The van der Waals surface area contributed by atoms with Crippen molar-refractivity contribution < 1.29 is 19.4 Å². The predicted molar refractivity (Wildman–Crippen MR) is 68.4 cm³/mol. The van der Waals surface area contributed by atoms with Crippen molar-refractivity contribution in [2.45, 2.75) is 24.9 Å². The van der Waals surface area contributed by atoms with E-state index in [-0.39, 0.29) is 18.7 Å². The molecule has 0 saturated carbocycles. The largest absolute Gasteiger partial charge is 0.472 e. The second-order valence-electron chi connectivity index (χ2n) is 4.68. The smallest absolute Gasteiger partial charge is 0.347 e. The monoisotopic (exact) mass is 295 g/mol. The SMILES string of the molecule is O=c1[nH]c(=O)n(C2CC(O)C(CO)O2)nc1-c1ccoc1. The number of furan rings is 1. The summed E-state index contributed by atoms with van der Waals surface area (Å²) in [5.41, 5.74) is -0.964. The Bertz CT molecular complexity index is 734. The van der Waals surface area contributed by atoms with E-state index in [1.54, 1.807) is 0 Å². The fraction of sp³-hybridized carbons (Fsp3) is 0.417. The minimum absolute atomic E-state index is 0.00823. The van der Waals surface area contributed by atoms with Crippen LogP contribution in [0.1, 0.15) is 12.6 Å². The third kappa shape index (κ3) is 2.42. The highest BCUT2D eigenvalue weighted by atomic mass is 16.5. The maximum absolute atomic E-state index is 11.8. The van der Waals surface area contributed by atoms with Crippen LogP contribution in [0.3, 0.4) is 0 Å². The molecule has 3 atom stereocenters. The molecule has 112 valence electrons. The number of H-pyrrole nitrogens is 1. The molecule has 3 unspecified atom stereocenters. The fourth-order valence-corrected chi connectivity index (χ4v) is 2.22. The Balaban J connectivity index is 2.02. The first-order chi connectivity index (χ1) is 10.1. The van der Waals surface area contributed by atoms with Gasteiger partial charge in [-0.1, -0.05) is 0 Å². The summed E-state index contributed by atoms with van der Waals surface area (Å²) in [5.74, 6) is 0. The molecule has 9 heteroatoms. The van der Waals surface area contributed by atoms with Crippen molar-refractivity contribution in [3.05, 3.63) is 39.4 Å². The summed E-state index contributed by atoms with van der Waals surface area (Å²) >= 11 is 0. The van der Waals surface area contributed by atoms with Gasteiger partial charge in [0.05, 0.1) is 25.2 Å². The first-order valence-corrected chi connectivity index (χ1v) is 6.30. The van der Waals surface area contributed by atoms with Gasteiger partial charge < -0.3 is 19.4 Å². The Morgan fingerprint density at radius 2 is 2.29 bits per heavy atom. The third-order valence-corrected chi connectivity index (χ3v) is 3.30. The van der Waals surface area contributed by atoms with Gasteiger partial charge in [0.1, 0.15) is 6.10 Å². The van der Waals surface area contributed by atoms with Crippen LogP contribution in [-0.2, 0) is 4.74 Å². The molecule has 3 N–H and O–H groups in total. The summed E-state index contributed by atoms with van der Waals surface area (Å²) in [6.45, 7) is -0.371. The lowest BCUT2D eigenvalue weighted by atomic mass is 10.2. The highest BCUT2D eigenvalue weighted by Crippen LogP contribution is 2.27. The number of hydrogen-bond donors (Lipinski definition) is 3. The molecule has 2 aromatic rings. The van der Waals surface area contributed by atoms with E-state index >= 15 is 0 Å². The lowest BCUT2D eigenvalue weighted by Gasteiger charge is -2.13. The molecule has 1 fully saturated rings. The molecule has 0 bridgehead atoms. The van der Waals surface area contributed by atoms with Crippen LogP contribution in [0.2, 0.25) is 0 Å². The zero-order valence-corrected chi connectivity index (χ0v) is 10.8. The number of aromatic nitrogens is 3. The highest BCUT2D eigenvalue weighted by molar-refractivity contribution is 5.54. The number of rotatable bonds is 3. The molecule has 0 aliphatic carbocycles. The van der Waals surface area contributed by atoms with Crippen molar-refractivity contribution in [3.8, 4) is 11.3 Å². The Morgan fingerprint density at radius 1 is 1.48 bits per heavy atom. The Labute approximate surface area is 117 Å². The van der Waals surface area contributed by atoms with Gasteiger partial charge >= 0.3 is 5.69 Å². The molecule has 0 amide bonds. The van der Waals surface area contributed by atoms with E-state index in [1.165, 1.54) is 18.6 Å². The van der Waals surface area contributed by atoms with E-state index in [9.17, 15) is 14.7 Å². The zero-order chi connectivity index (χ0) is 15.0. The van der Waals surface area contributed by atoms with Crippen molar-refractivity contribution in [3.63, 3.8) is 0 Å². The first-order valence-electron chi connectivity index (χ1n) is 6.30. The average molecular weight is 295 g/mol. The van der Waals surface area contributed by atoms with Gasteiger partial charge in [-0.2, -0.15) is 9.78 Å². The Morgan fingerprint density at radius 3 is 2.90 bits per heavy atom. The van der Waals surface area contributed by atoms with Gasteiger partial charge in [0.2, 0.25) is 0 Å². The summed E-state index contributed by atoms with van der Waals surface area (Å²) in [4.78, 5) is 25.8. The van der Waals surface area contributed by atoms with E-state index in [4.69, 9.17) is 14.3 Å². The number of nitrogens with zero attached hydrogens (tertiary/aromatic N) is 2. The van der Waals surface area contributed by atoms with Crippen molar-refractivity contribution in [1.82, 2.24) is 14.8 Å². The lowest BCUT2D eigenvalue weighted by Crippen LogP contribution is -2.36. The fourth-order valence-electron chi connectivity index (χ4n) is 2.22. The van der Waals surface area contributed by atoms with Gasteiger partial charge in [-0.25, -0.2) is 4.79 Å². The molecule has 3 heterocycles. The maximum Gasteiger partial charge on any atom is 0.347 e. The van der Waals surface area contributed by atoms with Crippen molar-refractivity contribution in [2.75, 3.05) is 6.61 Å². The summed E-state index contributed by atoms with van der Waals surface area (Å²) < 4.78 is 11.2. The molecule has 0 radical (unpaired) electrons. The Hall–Kier alpha value is -2.23. The summed E-state index contributed by atoms with van der Waals surface area (Å²) in [6, 6.07) is 1.53. The zero-order valence-electron chi connectivity index (χ0n) is 10.8. The van der Waals surface area contributed by atoms with Gasteiger partial charge in [0.25, 0.3) is 5.56 Å². The molecule has 21 heavy (non-hydrogen) atoms. The molecule has 9 nitrogen and oxygen atoms in total. The number of aromatic amines is 1. The second-order valence-corrected chi connectivity index (χ2v) is 4.68. The molecule has 3 rings (SSSR count). The molecule has 1 aliphatic rings. The quantitative estimate of drug-likeness (QED) is 0.650. The van der Waals surface area contributed by atoms with Gasteiger partial charge in [-0.15, -0.1) is 0 Å². The van der Waals surface area contributed by atoms with E-state index in [0.29, 0.717) is 5.56 Å². The highest BCUT2D eigenvalue weighted by Gasteiger charge is 2.35. The van der Waals surface area contributed by atoms with E-state index < -0.39 is 29.7 Å². The van der Waals surface area contributed by atoms with Crippen molar-refractivity contribution in [2.24, 2.45) is 0 Å². The minimum Gasteiger partial charge on any atom is -0.472 e. The summed E-state index contributed by atoms with van der Waals surface area (Å²) in [5, 5.41) is 22.7. The second kappa shape index (κ2) is 5.28. The predicted octanol–water partition coefficient (Wildman–Crippen LogP) is -1.17. The lowest BCUT2D eigenvalue weighted by molar-refractivity contribution is -0.0505. The van der Waals surface area contributed by atoms with Crippen LogP contribution in [0.5, 0.6) is 0 Å². The minimum atomic E-state index is -0.905. The van der Waals surface area contributed by atoms with Crippen LogP contribution in [0.4, 0.5) is 0 Å². The van der Waals surface area contributed by atoms with Gasteiger partial charge in [0.15, 0.2) is 11.9 Å². The molecule has 2 aromatic heterocycles. The topological polar surface area (TPSA) is 131 Å². The van der Waals surface area contributed by atoms with Crippen LogP contribution in [0.25, 0.3) is 11.3 Å². The molecule has 1 saturated heterocycles. The Kier molecular flexibility index (Phi) is 3.45. The van der Waals surface area contributed by atoms with E-state index in [1.807, 2.05) is 0 Å². The van der Waals surface area contributed by atoms with E-state index in [2.05, 4.69) is 10.1 Å². The average Bonchev–Trinajstić information content (AvgIpc) is 3.08. The normalized spacial score (nSPS) is 25.3. The summed E-state index contributed by atoms with van der Waals surface area (Å²) in [6.07, 6.45) is 0.254. The van der Waals surface area contributed by atoms with Crippen LogP contribution in [0, 0.1) is 0 Å². The first kappa shape index (κ1) is 13.7. The van der Waals surface area contributed by atoms with Crippen molar-refractivity contribution in [1.29, 1.82) is 0 Å². The number of aliphatic hydroxyl groups excluding tert-OH is 2. The number of aliphatic hydroxyl groups is 2. The van der Waals surface area contributed by atoms with Gasteiger partial charge in [0, 0.05) is 12.0 Å². The summed E-state index contributed by atoms with van der Waals surface area (Å²) in [7, 11) is 0. The van der Waals surface area contributed by atoms with Gasteiger partial charge in [-0.05, 0) is 6.07 Å². The third-order valence-electron chi connectivity index (χ3n) is 3.30. The molecule has 1 aliphatic heterocycles. The van der Waals surface area contributed by atoms with Crippen molar-refractivity contribution >= 4 is 0 Å². The molecule has 0 spiro atoms.